The zero-order chi connectivity index (χ0) is 19.4. The van der Waals surface area contributed by atoms with Crippen molar-refractivity contribution in [2.75, 3.05) is 11.9 Å². The number of carbonyl (C=O) groups excluding carboxylic acids is 2. The van der Waals surface area contributed by atoms with Gasteiger partial charge in [-0.1, -0.05) is 41.3 Å². The van der Waals surface area contributed by atoms with Gasteiger partial charge in [-0.3, -0.25) is 14.5 Å². The van der Waals surface area contributed by atoms with Crippen molar-refractivity contribution in [3.05, 3.63) is 52.4 Å². The van der Waals surface area contributed by atoms with Crippen molar-refractivity contribution >= 4 is 52.0 Å². The van der Waals surface area contributed by atoms with Gasteiger partial charge in [0.2, 0.25) is 5.91 Å². The van der Waals surface area contributed by atoms with Gasteiger partial charge in [-0.2, -0.15) is 0 Å². The summed E-state index contributed by atoms with van der Waals surface area (Å²) in [5.41, 5.74) is 0.721. The number of aryl methyl sites for hydroxylation is 1. The number of benzene rings is 1. The lowest BCUT2D eigenvalue weighted by Gasteiger charge is -2.13. The van der Waals surface area contributed by atoms with Gasteiger partial charge in [0.25, 0.3) is 5.91 Å². The van der Waals surface area contributed by atoms with Gasteiger partial charge in [0, 0.05) is 19.0 Å². The summed E-state index contributed by atoms with van der Waals surface area (Å²) in [5, 5.41) is 6.32. The van der Waals surface area contributed by atoms with Crippen LogP contribution in [0.4, 0.5) is 10.2 Å². The second-order valence-corrected chi connectivity index (χ2v) is 7.54. The van der Waals surface area contributed by atoms with Crippen LogP contribution in [0.25, 0.3) is 6.08 Å². The Morgan fingerprint density at radius 2 is 2.15 bits per heavy atom. The topological polar surface area (TPSA) is 75.4 Å². The molecule has 2 aromatic rings. The van der Waals surface area contributed by atoms with Crippen LogP contribution in [0.1, 0.15) is 24.2 Å². The van der Waals surface area contributed by atoms with Gasteiger partial charge < -0.3 is 9.84 Å². The predicted molar refractivity (Wildman–Crippen MR) is 105 cm³/mol. The lowest BCUT2D eigenvalue weighted by Crippen LogP contribution is -2.29. The molecule has 1 aliphatic rings. The number of thioether (sulfide) groups is 1. The van der Waals surface area contributed by atoms with Gasteiger partial charge in [0.05, 0.1) is 4.91 Å². The van der Waals surface area contributed by atoms with Gasteiger partial charge in [0.1, 0.15) is 15.9 Å². The van der Waals surface area contributed by atoms with Crippen LogP contribution in [-0.4, -0.2) is 32.7 Å². The van der Waals surface area contributed by atoms with Gasteiger partial charge in [-0.15, -0.1) is 0 Å². The standard InChI is InChI=1S/C18H16FN3O3S2/c1-11-9-15(21-25-11)20-16(23)3-2-8-22-17(24)14(27-18(22)26)10-12-4-6-13(19)7-5-12/h4-7,9-10H,2-3,8H2,1H3,(H,20,21,23). The molecule has 0 unspecified atom stereocenters. The van der Waals surface area contributed by atoms with Crippen LogP contribution in [0.3, 0.4) is 0 Å². The third-order valence-electron chi connectivity index (χ3n) is 3.72. The first-order chi connectivity index (χ1) is 12.9. The number of anilines is 1. The first-order valence-corrected chi connectivity index (χ1v) is 9.39. The van der Waals surface area contributed by atoms with E-state index in [4.69, 9.17) is 16.7 Å². The molecule has 3 rings (SSSR count). The largest absolute Gasteiger partial charge is 0.360 e. The van der Waals surface area contributed by atoms with Crippen LogP contribution in [-0.2, 0) is 9.59 Å². The highest BCUT2D eigenvalue weighted by molar-refractivity contribution is 8.26. The lowest BCUT2D eigenvalue weighted by molar-refractivity contribution is -0.122. The minimum atomic E-state index is -0.334. The van der Waals surface area contributed by atoms with Crippen LogP contribution in [0.15, 0.2) is 39.8 Å². The minimum Gasteiger partial charge on any atom is -0.360 e. The molecule has 2 amide bonds. The number of rotatable bonds is 6. The molecular weight excluding hydrogens is 389 g/mol. The fraction of sp³-hybridized carbons (Fsp3) is 0.222. The maximum atomic E-state index is 13.0. The molecule has 27 heavy (non-hydrogen) atoms. The maximum absolute atomic E-state index is 13.0. The molecule has 140 valence electrons. The molecule has 0 aliphatic carbocycles. The number of nitrogens with zero attached hydrogens (tertiary/aromatic N) is 2. The van der Waals surface area contributed by atoms with E-state index < -0.39 is 0 Å². The molecule has 9 heteroatoms. The molecule has 0 bridgehead atoms. The highest BCUT2D eigenvalue weighted by Gasteiger charge is 2.31. The number of halogens is 1. The third-order valence-corrected chi connectivity index (χ3v) is 5.10. The molecule has 6 nitrogen and oxygen atoms in total. The molecule has 2 heterocycles. The van der Waals surface area contributed by atoms with Gasteiger partial charge in [0.15, 0.2) is 5.82 Å². The smallest absolute Gasteiger partial charge is 0.266 e. The normalized spacial score (nSPS) is 15.6. The predicted octanol–water partition coefficient (Wildman–Crippen LogP) is 3.74. The van der Waals surface area contributed by atoms with E-state index >= 15 is 0 Å². The quantitative estimate of drug-likeness (QED) is 0.583. The van der Waals surface area contributed by atoms with E-state index in [0.29, 0.717) is 33.8 Å². The van der Waals surface area contributed by atoms with Crippen molar-refractivity contribution in [3.8, 4) is 0 Å². The molecule has 1 aliphatic heterocycles. The molecule has 1 fully saturated rings. The second-order valence-electron chi connectivity index (χ2n) is 5.86. The Morgan fingerprint density at radius 3 is 2.81 bits per heavy atom. The Labute approximate surface area is 164 Å². The molecular formula is C18H16FN3O3S2. The summed E-state index contributed by atoms with van der Waals surface area (Å²) in [6.45, 7) is 2.08. The van der Waals surface area contributed by atoms with E-state index in [0.717, 1.165) is 5.56 Å². The van der Waals surface area contributed by atoms with E-state index in [-0.39, 0.29) is 24.1 Å². The SMILES string of the molecule is Cc1cc(NC(=O)CCCN2C(=O)C(=Cc3ccc(F)cc3)SC2=S)no1. The van der Waals surface area contributed by atoms with Crippen molar-refractivity contribution < 1.29 is 18.5 Å². The summed E-state index contributed by atoms with van der Waals surface area (Å²) in [6.07, 6.45) is 2.36. The molecule has 0 atom stereocenters. The number of hydrogen-bond donors (Lipinski definition) is 1. The Balaban J connectivity index is 1.53. The number of aromatic nitrogens is 1. The number of thiocarbonyl (C=S) groups is 1. The van der Waals surface area contributed by atoms with E-state index in [1.807, 2.05) is 0 Å². The Bertz CT molecular complexity index is 909. The maximum Gasteiger partial charge on any atom is 0.266 e. The highest BCUT2D eigenvalue weighted by atomic mass is 32.2. The summed E-state index contributed by atoms with van der Waals surface area (Å²) >= 11 is 6.46. The zero-order valence-electron chi connectivity index (χ0n) is 14.4. The number of hydrogen-bond acceptors (Lipinski definition) is 6. The van der Waals surface area contributed by atoms with E-state index in [1.165, 1.54) is 28.8 Å². The number of carbonyl (C=O) groups is 2. The lowest BCUT2D eigenvalue weighted by atomic mass is 10.2. The average Bonchev–Trinajstić information content (AvgIpc) is 3.14. The summed E-state index contributed by atoms with van der Waals surface area (Å²) in [4.78, 5) is 26.4. The summed E-state index contributed by atoms with van der Waals surface area (Å²) in [5.74, 6) is 0.220. The molecule has 1 aromatic carbocycles. The van der Waals surface area contributed by atoms with E-state index in [2.05, 4.69) is 10.5 Å². The van der Waals surface area contributed by atoms with Gasteiger partial charge >= 0.3 is 0 Å². The molecule has 0 spiro atoms. The Morgan fingerprint density at radius 1 is 1.41 bits per heavy atom. The Kier molecular flexibility index (Phi) is 6.02. The highest BCUT2D eigenvalue weighted by Crippen LogP contribution is 2.32. The molecule has 0 saturated carbocycles. The van der Waals surface area contributed by atoms with Crippen molar-refractivity contribution in [1.82, 2.24) is 10.1 Å². The average molecular weight is 405 g/mol. The molecule has 1 saturated heterocycles. The second kappa shape index (κ2) is 8.45. The van der Waals surface area contributed by atoms with Gasteiger partial charge in [-0.05, 0) is 37.1 Å². The number of nitrogens with one attached hydrogen (secondary N) is 1. The molecule has 1 N–H and O–H groups in total. The van der Waals surface area contributed by atoms with Crippen molar-refractivity contribution in [1.29, 1.82) is 0 Å². The number of amides is 2. The van der Waals surface area contributed by atoms with Crippen LogP contribution in [0.2, 0.25) is 0 Å². The molecule has 0 radical (unpaired) electrons. The first-order valence-electron chi connectivity index (χ1n) is 8.16. The first kappa shape index (κ1) is 19.2. The van der Waals surface area contributed by atoms with E-state index in [9.17, 15) is 14.0 Å². The van der Waals surface area contributed by atoms with Gasteiger partial charge in [-0.25, -0.2) is 4.39 Å². The summed E-state index contributed by atoms with van der Waals surface area (Å²) < 4.78 is 18.3. The van der Waals surface area contributed by atoms with Crippen molar-refractivity contribution in [2.45, 2.75) is 19.8 Å². The Hall–Kier alpha value is -2.52. The third kappa shape index (κ3) is 5.01. The fourth-order valence-electron chi connectivity index (χ4n) is 2.43. The summed E-state index contributed by atoms with van der Waals surface area (Å²) in [6, 6.07) is 7.49. The summed E-state index contributed by atoms with van der Waals surface area (Å²) in [7, 11) is 0. The zero-order valence-corrected chi connectivity index (χ0v) is 16.0. The van der Waals surface area contributed by atoms with Crippen molar-refractivity contribution in [3.63, 3.8) is 0 Å². The van der Waals surface area contributed by atoms with Crippen molar-refractivity contribution in [2.24, 2.45) is 0 Å². The fourth-order valence-corrected chi connectivity index (χ4v) is 3.74. The molecule has 1 aromatic heterocycles. The van der Waals surface area contributed by atoms with Crippen LogP contribution in [0.5, 0.6) is 0 Å². The van der Waals surface area contributed by atoms with Crippen LogP contribution in [0, 0.1) is 12.7 Å². The van der Waals surface area contributed by atoms with Crippen LogP contribution >= 0.6 is 24.0 Å². The van der Waals surface area contributed by atoms with E-state index in [1.54, 1.807) is 31.2 Å². The minimum absolute atomic E-state index is 0.207. The van der Waals surface area contributed by atoms with Crippen LogP contribution < -0.4 is 5.32 Å². The monoisotopic (exact) mass is 405 g/mol.